The molecule has 0 N–H and O–H groups in total. The van der Waals surface area contributed by atoms with Gasteiger partial charge in [-0.05, 0) is 24.5 Å². The van der Waals surface area contributed by atoms with Gasteiger partial charge in [-0.2, -0.15) is 18.2 Å². The molecule has 6 heteroatoms. The molecule has 5 nitrogen and oxygen atoms in total. The number of hydrogen-bond donors (Lipinski definition) is 0. The van der Waals surface area contributed by atoms with E-state index in [0.717, 1.165) is 17.8 Å². The SMILES string of the molecule is CCCCS(=O)(=O)Oc1cc(C(C)C)nn1-c1ccccc1. The second-order valence-electron chi connectivity index (χ2n) is 5.51. The summed E-state index contributed by atoms with van der Waals surface area (Å²) in [5.41, 5.74) is 1.57. The van der Waals surface area contributed by atoms with Crippen molar-refractivity contribution in [3.05, 3.63) is 42.1 Å². The largest absolute Gasteiger partial charge is 0.361 e. The third kappa shape index (κ3) is 4.10. The molecule has 0 spiro atoms. The van der Waals surface area contributed by atoms with Crippen molar-refractivity contribution in [1.82, 2.24) is 9.78 Å². The van der Waals surface area contributed by atoms with E-state index in [-0.39, 0.29) is 17.6 Å². The number of rotatable bonds is 7. The Bertz CT molecular complexity index is 706. The summed E-state index contributed by atoms with van der Waals surface area (Å²) < 4.78 is 30.9. The van der Waals surface area contributed by atoms with E-state index in [2.05, 4.69) is 5.10 Å². The van der Waals surface area contributed by atoms with Gasteiger partial charge in [-0.1, -0.05) is 45.4 Å². The van der Waals surface area contributed by atoms with Crippen molar-refractivity contribution < 1.29 is 12.6 Å². The smallest absolute Gasteiger partial charge is 0.310 e. The van der Waals surface area contributed by atoms with Gasteiger partial charge in [-0.25, -0.2) is 0 Å². The van der Waals surface area contributed by atoms with Gasteiger partial charge in [0.2, 0.25) is 5.88 Å². The summed E-state index contributed by atoms with van der Waals surface area (Å²) in [6, 6.07) is 11.1. The monoisotopic (exact) mass is 322 g/mol. The fourth-order valence-corrected chi connectivity index (χ4v) is 3.07. The first kappa shape index (κ1) is 16.5. The van der Waals surface area contributed by atoms with Crippen LogP contribution in [0, 0.1) is 0 Å². The van der Waals surface area contributed by atoms with E-state index < -0.39 is 10.1 Å². The molecule has 1 aromatic heterocycles. The third-order valence-corrected chi connectivity index (χ3v) is 4.46. The highest BCUT2D eigenvalue weighted by atomic mass is 32.2. The van der Waals surface area contributed by atoms with Crippen molar-refractivity contribution >= 4 is 10.1 Å². The normalized spacial score (nSPS) is 11.8. The van der Waals surface area contributed by atoms with Gasteiger partial charge in [0.1, 0.15) is 0 Å². The summed E-state index contributed by atoms with van der Waals surface area (Å²) in [5.74, 6) is 0.442. The molecule has 0 aliphatic heterocycles. The number of nitrogens with zero attached hydrogens (tertiary/aromatic N) is 2. The summed E-state index contributed by atoms with van der Waals surface area (Å²) in [6.07, 6.45) is 1.39. The fraction of sp³-hybridized carbons (Fsp3) is 0.438. The summed E-state index contributed by atoms with van der Waals surface area (Å²) in [4.78, 5) is 0. The van der Waals surface area contributed by atoms with E-state index in [1.165, 1.54) is 0 Å². The molecule has 0 aliphatic rings. The maximum atomic E-state index is 12.1. The first-order valence-electron chi connectivity index (χ1n) is 7.50. The predicted molar refractivity (Wildman–Crippen MR) is 87.0 cm³/mol. The number of benzene rings is 1. The number of unbranched alkanes of at least 4 members (excludes halogenated alkanes) is 1. The quantitative estimate of drug-likeness (QED) is 0.732. The molecule has 0 saturated heterocycles. The van der Waals surface area contributed by atoms with E-state index in [0.29, 0.717) is 6.42 Å². The molecular weight excluding hydrogens is 300 g/mol. The average Bonchev–Trinajstić information content (AvgIpc) is 2.89. The third-order valence-electron chi connectivity index (χ3n) is 3.25. The van der Waals surface area contributed by atoms with Gasteiger partial charge >= 0.3 is 10.1 Å². The second kappa shape index (κ2) is 6.96. The maximum absolute atomic E-state index is 12.1. The van der Waals surface area contributed by atoms with E-state index >= 15 is 0 Å². The molecule has 0 aliphatic carbocycles. The average molecular weight is 322 g/mol. The lowest BCUT2D eigenvalue weighted by Gasteiger charge is -2.09. The molecule has 0 fully saturated rings. The highest BCUT2D eigenvalue weighted by Gasteiger charge is 2.19. The van der Waals surface area contributed by atoms with Crippen molar-refractivity contribution in [2.75, 3.05) is 5.75 Å². The highest BCUT2D eigenvalue weighted by Crippen LogP contribution is 2.25. The Morgan fingerprint density at radius 1 is 1.23 bits per heavy atom. The van der Waals surface area contributed by atoms with E-state index in [1.54, 1.807) is 10.7 Å². The Morgan fingerprint density at radius 2 is 1.91 bits per heavy atom. The standard InChI is InChI=1S/C16H22N2O3S/c1-4-5-11-22(19,20)21-16-12-15(13(2)3)17-18(16)14-9-7-6-8-10-14/h6-10,12-13H,4-5,11H2,1-3H3. The van der Waals surface area contributed by atoms with Gasteiger partial charge < -0.3 is 4.18 Å². The van der Waals surface area contributed by atoms with Crippen LogP contribution in [-0.2, 0) is 10.1 Å². The molecule has 0 amide bonds. The molecule has 1 heterocycles. The molecule has 1 aromatic carbocycles. The van der Waals surface area contributed by atoms with E-state index in [9.17, 15) is 8.42 Å². The van der Waals surface area contributed by atoms with Crippen molar-refractivity contribution in [3.8, 4) is 11.6 Å². The van der Waals surface area contributed by atoms with Crippen LogP contribution in [0.25, 0.3) is 5.69 Å². The van der Waals surface area contributed by atoms with Crippen LogP contribution >= 0.6 is 0 Å². The summed E-state index contributed by atoms with van der Waals surface area (Å²) in [6.45, 7) is 5.96. The zero-order valence-corrected chi connectivity index (χ0v) is 14.0. The van der Waals surface area contributed by atoms with Gasteiger partial charge in [0.25, 0.3) is 0 Å². The molecule has 0 saturated carbocycles. The van der Waals surface area contributed by atoms with Crippen molar-refractivity contribution in [3.63, 3.8) is 0 Å². The Balaban J connectivity index is 2.38. The second-order valence-corrected chi connectivity index (χ2v) is 7.20. The molecule has 0 unspecified atom stereocenters. The molecule has 0 atom stereocenters. The van der Waals surface area contributed by atoms with Gasteiger partial charge in [-0.3, -0.25) is 0 Å². The zero-order valence-electron chi connectivity index (χ0n) is 13.2. The maximum Gasteiger partial charge on any atom is 0.310 e. The lowest BCUT2D eigenvalue weighted by molar-refractivity contribution is 0.463. The number of aromatic nitrogens is 2. The minimum atomic E-state index is -3.60. The molecule has 2 aromatic rings. The van der Waals surface area contributed by atoms with Gasteiger partial charge in [-0.15, -0.1) is 0 Å². The fourth-order valence-electron chi connectivity index (χ4n) is 1.97. The van der Waals surface area contributed by atoms with Crippen LogP contribution in [0.15, 0.2) is 36.4 Å². The van der Waals surface area contributed by atoms with Gasteiger partial charge in [0.15, 0.2) is 0 Å². The molecule has 2 rings (SSSR count). The van der Waals surface area contributed by atoms with E-state index in [1.807, 2.05) is 51.1 Å². The summed E-state index contributed by atoms with van der Waals surface area (Å²) >= 11 is 0. The minimum Gasteiger partial charge on any atom is -0.361 e. The Morgan fingerprint density at radius 3 is 2.50 bits per heavy atom. The topological polar surface area (TPSA) is 61.2 Å². The molecule has 120 valence electrons. The van der Waals surface area contributed by atoms with Crippen LogP contribution in [0.2, 0.25) is 0 Å². The van der Waals surface area contributed by atoms with Crippen LogP contribution in [0.4, 0.5) is 0 Å². The van der Waals surface area contributed by atoms with Crippen LogP contribution in [0.5, 0.6) is 5.88 Å². The van der Waals surface area contributed by atoms with Crippen molar-refractivity contribution in [2.45, 2.75) is 39.5 Å². The van der Waals surface area contributed by atoms with Crippen LogP contribution in [0.3, 0.4) is 0 Å². The van der Waals surface area contributed by atoms with Gasteiger partial charge in [0.05, 0.1) is 17.1 Å². The summed E-state index contributed by atoms with van der Waals surface area (Å²) in [7, 11) is -3.60. The van der Waals surface area contributed by atoms with Crippen molar-refractivity contribution in [2.24, 2.45) is 0 Å². The highest BCUT2D eigenvalue weighted by molar-refractivity contribution is 7.87. The minimum absolute atomic E-state index is 0.0144. The number of para-hydroxylation sites is 1. The summed E-state index contributed by atoms with van der Waals surface area (Å²) in [5, 5.41) is 4.47. The molecular formula is C16H22N2O3S. The first-order chi connectivity index (χ1) is 10.4. The molecule has 0 radical (unpaired) electrons. The first-order valence-corrected chi connectivity index (χ1v) is 9.08. The van der Waals surface area contributed by atoms with E-state index in [4.69, 9.17) is 4.18 Å². The zero-order chi connectivity index (χ0) is 16.2. The van der Waals surface area contributed by atoms with Gasteiger partial charge in [0, 0.05) is 6.07 Å². The predicted octanol–water partition coefficient (Wildman–Crippen LogP) is 3.50. The molecule has 22 heavy (non-hydrogen) atoms. The van der Waals surface area contributed by atoms with Crippen LogP contribution in [0.1, 0.15) is 45.2 Å². The Hall–Kier alpha value is -1.82. The Kier molecular flexibility index (Phi) is 5.24. The molecule has 0 bridgehead atoms. The van der Waals surface area contributed by atoms with Crippen molar-refractivity contribution in [1.29, 1.82) is 0 Å². The Labute approximate surface area is 132 Å². The lowest BCUT2D eigenvalue weighted by Crippen LogP contribution is -2.15. The van der Waals surface area contributed by atoms with Crippen LogP contribution < -0.4 is 4.18 Å². The lowest BCUT2D eigenvalue weighted by atomic mass is 10.1. The van der Waals surface area contributed by atoms with Crippen LogP contribution in [-0.4, -0.2) is 24.0 Å². The number of hydrogen-bond acceptors (Lipinski definition) is 4.